The van der Waals surface area contributed by atoms with Crippen LogP contribution in [0.15, 0.2) is 48.6 Å². The van der Waals surface area contributed by atoms with Gasteiger partial charge < -0.3 is 25.0 Å². The summed E-state index contributed by atoms with van der Waals surface area (Å²) in [5, 5.41) is 21.7. The second kappa shape index (κ2) is 9.99. The minimum Gasteiger partial charge on any atom is -0.492 e. The van der Waals surface area contributed by atoms with E-state index in [4.69, 9.17) is 14.6 Å². The van der Waals surface area contributed by atoms with E-state index in [9.17, 15) is 19.5 Å². The van der Waals surface area contributed by atoms with E-state index in [1.165, 1.54) is 24.3 Å². The van der Waals surface area contributed by atoms with E-state index >= 15 is 0 Å². The molecular weight excluding hydrogens is 378 g/mol. The zero-order chi connectivity index (χ0) is 21.4. The van der Waals surface area contributed by atoms with Gasteiger partial charge in [-0.2, -0.15) is 0 Å². The number of carboxylic acid groups (broad SMARTS) is 2. The number of hydrogen-bond acceptors (Lipinski definition) is 6. The lowest BCUT2D eigenvalue weighted by Gasteiger charge is -2.36. The maximum Gasteiger partial charge on any atom is 0.329 e. The summed E-state index contributed by atoms with van der Waals surface area (Å²) in [4.78, 5) is 36.2. The van der Waals surface area contributed by atoms with Crippen LogP contribution < -0.4 is 10.1 Å². The Hall–Kier alpha value is -2.97. The maximum atomic E-state index is 13.2. The lowest BCUT2D eigenvalue weighted by Crippen LogP contribution is -2.50. The molecule has 1 aromatic carbocycles. The number of aliphatic carboxylic acids is 2. The summed E-state index contributed by atoms with van der Waals surface area (Å²) in [6.45, 7) is 1.94. The number of benzene rings is 1. The molecule has 0 saturated carbocycles. The Morgan fingerprint density at radius 3 is 2.69 bits per heavy atom. The third-order valence-electron chi connectivity index (χ3n) is 4.59. The van der Waals surface area contributed by atoms with Crippen LogP contribution in [-0.4, -0.2) is 60.8 Å². The molecule has 0 amide bonds. The normalized spacial score (nSPS) is 24.0. The Morgan fingerprint density at radius 1 is 1.31 bits per heavy atom. The fourth-order valence-electron chi connectivity index (χ4n) is 3.23. The van der Waals surface area contributed by atoms with Crippen molar-refractivity contribution >= 4 is 17.7 Å². The van der Waals surface area contributed by atoms with Gasteiger partial charge in [-0.05, 0) is 31.7 Å². The van der Waals surface area contributed by atoms with Crippen LogP contribution in [0.3, 0.4) is 0 Å². The van der Waals surface area contributed by atoms with E-state index in [-0.39, 0.29) is 0 Å². The van der Waals surface area contributed by atoms with Crippen molar-refractivity contribution in [1.29, 1.82) is 0 Å². The first kappa shape index (κ1) is 22.3. The number of carboxylic acids is 2. The molecule has 1 aliphatic carbocycles. The number of likely N-dealkylation sites (N-methyl/N-ethyl adjacent to an activating group) is 1. The Bertz CT molecular complexity index is 817. The largest absolute Gasteiger partial charge is 0.492 e. The van der Waals surface area contributed by atoms with Gasteiger partial charge in [-0.3, -0.25) is 9.59 Å². The van der Waals surface area contributed by atoms with Crippen molar-refractivity contribution in [1.82, 2.24) is 5.32 Å². The van der Waals surface area contributed by atoms with Gasteiger partial charge in [0, 0.05) is 6.54 Å². The minimum atomic E-state index is -1.77. The van der Waals surface area contributed by atoms with Gasteiger partial charge >= 0.3 is 11.9 Å². The van der Waals surface area contributed by atoms with E-state index in [0.29, 0.717) is 24.5 Å². The summed E-state index contributed by atoms with van der Waals surface area (Å²) in [5.74, 6) is -3.31. The van der Waals surface area contributed by atoms with Crippen LogP contribution in [0.25, 0.3) is 0 Å². The van der Waals surface area contributed by atoms with Crippen molar-refractivity contribution in [3.63, 3.8) is 0 Å². The van der Waals surface area contributed by atoms with Crippen LogP contribution in [0, 0.1) is 5.41 Å². The molecule has 0 radical (unpaired) electrons. The Kier molecular flexibility index (Phi) is 7.69. The first-order valence-corrected chi connectivity index (χ1v) is 9.16. The van der Waals surface area contributed by atoms with Gasteiger partial charge in [0.25, 0.3) is 0 Å². The molecule has 156 valence electrons. The molecule has 8 heteroatoms. The number of allylic oxidation sites excluding steroid dienone is 2. The molecule has 3 N–H and O–H groups in total. The number of carbonyl (C=O) groups is 3. The molecule has 8 nitrogen and oxygen atoms in total. The Labute approximate surface area is 168 Å². The van der Waals surface area contributed by atoms with Gasteiger partial charge in [0.2, 0.25) is 0 Å². The van der Waals surface area contributed by atoms with E-state index < -0.39 is 41.8 Å². The quantitative estimate of drug-likeness (QED) is 0.398. The number of hydrogen-bond donors (Lipinski definition) is 3. The highest BCUT2D eigenvalue weighted by Crippen LogP contribution is 2.39. The number of rotatable bonds is 10. The van der Waals surface area contributed by atoms with E-state index in [2.05, 4.69) is 5.32 Å². The van der Waals surface area contributed by atoms with E-state index in [1.807, 2.05) is 7.05 Å². The van der Waals surface area contributed by atoms with Crippen molar-refractivity contribution in [2.24, 2.45) is 5.41 Å². The topological polar surface area (TPSA) is 122 Å². The predicted molar refractivity (Wildman–Crippen MR) is 105 cm³/mol. The third-order valence-corrected chi connectivity index (χ3v) is 4.59. The molecule has 0 aliphatic heterocycles. The van der Waals surface area contributed by atoms with E-state index in [0.717, 1.165) is 0 Å². The molecule has 0 fully saturated rings. The van der Waals surface area contributed by atoms with Crippen LogP contribution in [-0.2, 0) is 19.1 Å². The summed E-state index contributed by atoms with van der Waals surface area (Å²) in [7, 11) is 1.81. The van der Waals surface area contributed by atoms with E-state index in [1.54, 1.807) is 31.2 Å². The Balaban J connectivity index is 2.40. The number of nitrogens with one attached hydrogen (secondary N) is 1. The minimum absolute atomic E-state index is 0.447. The van der Waals surface area contributed by atoms with Crippen LogP contribution in [0.1, 0.15) is 18.4 Å². The average Bonchev–Trinajstić information content (AvgIpc) is 2.68. The summed E-state index contributed by atoms with van der Waals surface area (Å²) in [6, 6.07) is 6.94. The first-order valence-electron chi connectivity index (χ1n) is 9.16. The molecule has 3 unspecified atom stereocenters. The molecule has 1 aliphatic rings. The van der Waals surface area contributed by atoms with Gasteiger partial charge in [0.1, 0.15) is 30.5 Å². The fourth-order valence-corrected chi connectivity index (χ4v) is 3.23. The maximum absolute atomic E-state index is 13.2. The number of carbonyl (C=O) groups excluding carboxylic acids is 1. The molecule has 29 heavy (non-hydrogen) atoms. The number of ether oxygens (including phenoxy) is 2. The molecular formula is C21H25NO7. The number of Topliss-reactive ketones (excluding diaryl/α,β-unsaturated/α-hetero) is 1. The predicted octanol–water partition coefficient (Wildman–Crippen LogP) is 1.62. The van der Waals surface area contributed by atoms with Gasteiger partial charge in [0.05, 0.1) is 5.92 Å². The lowest BCUT2D eigenvalue weighted by atomic mass is 9.70. The van der Waals surface area contributed by atoms with Crippen LogP contribution >= 0.6 is 0 Å². The smallest absolute Gasteiger partial charge is 0.329 e. The van der Waals surface area contributed by atoms with Crippen molar-refractivity contribution in [2.75, 3.05) is 26.8 Å². The summed E-state index contributed by atoms with van der Waals surface area (Å²) in [5.41, 5.74) is -1.16. The second-order valence-corrected chi connectivity index (χ2v) is 6.59. The molecule has 0 saturated heterocycles. The van der Waals surface area contributed by atoms with Crippen molar-refractivity contribution in [3.05, 3.63) is 54.1 Å². The monoisotopic (exact) mass is 403 g/mol. The average molecular weight is 403 g/mol. The van der Waals surface area contributed by atoms with Crippen LogP contribution in [0.4, 0.5) is 0 Å². The summed E-state index contributed by atoms with van der Waals surface area (Å²) >= 11 is 0. The molecule has 0 spiro atoms. The molecule has 0 bridgehead atoms. The third kappa shape index (κ3) is 5.10. The SMILES string of the molecule is CC=CC1(C(=O)O)C=CC(c2cccc(OCCNC)c2)C(=O)C1OCC(=O)O. The number of ketones is 1. The first-order chi connectivity index (χ1) is 13.9. The summed E-state index contributed by atoms with van der Waals surface area (Å²) < 4.78 is 10.9. The highest BCUT2D eigenvalue weighted by atomic mass is 16.5. The van der Waals surface area contributed by atoms with Gasteiger partial charge in [0.15, 0.2) is 5.78 Å². The zero-order valence-electron chi connectivity index (χ0n) is 16.3. The molecule has 1 aromatic rings. The van der Waals surface area contributed by atoms with Gasteiger partial charge in [-0.25, -0.2) is 4.79 Å². The van der Waals surface area contributed by atoms with Gasteiger partial charge in [-0.15, -0.1) is 0 Å². The second-order valence-electron chi connectivity index (χ2n) is 6.59. The van der Waals surface area contributed by atoms with Crippen LogP contribution in [0.2, 0.25) is 0 Å². The fraction of sp³-hybridized carbons (Fsp3) is 0.381. The highest BCUT2D eigenvalue weighted by Gasteiger charge is 2.51. The standard InChI is InChI=1S/C21H25NO7/c1-3-8-21(20(26)27)9-7-16(18(25)19(21)29-13-17(23)24)14-5-4-6-15(12-14)28-11-10-22-2/h3-9,12,16,19,22H,10-11,13H2,1-2H3,(H,23,24)(H,26,27). The molecule has 0 aromatic heterocycles. The van der Waals surface area contributed by atoms with Crippen LogP contribution in [0.5, 0.6) is 5.75 Å². The lowest BCUT2D eigenvalue weighted by molar-refractivity contribution is -0.163. The summed E-state index contributed by atoms with van der Waals surface area (Å²) in [6.07, 6.45) is 4.27. The zero-order valence-corrected chi connectivity index (χ0v) is 16.3. The highest BCUT2D eigenvalue weighted by molar-refractivity contribution is 6.00. The molecule has 3 atom stereocenters. The molecule has 0 heterocycles. The van der Waals surface area contributed by atoms with Crippen molar-refractivity contribution in [2.45, 2.75) is 18.9 Å². The van der Waals surface area contributed by atoms with Crippen molar-refractivity contribution < 1.29 is 34.1 Å². The Morgan fingerprint density at radius 2 is 2.07 bits per heavy atom. The molecule has 2 rings (SSSR count). The van der Waals surface area contributed by atoms with Gasteiger partial charge in [-0.1, -0.05) is 36.4 Å². The van der Waals surface area contributed by atoms with Crippen molar-refractivity contribution in [3.8, 4) is 5.75 Å².